The zero-order valence-electron chi connectivity index (χ0n) is 15.6. The first-order valence-electron chi connectivity index (χ1n) is 8.35. The topological polar surface area (TPSA) is 77.1 Å². The van der Waals surface area contributed by atoms with E-state index in [0.717, 1.165) is 9.37 Å². The van der Waals surface area contributed by atoms with E-state index in [0.29, 0.717) is 28.4 Å². The van der Waals surface area contributed by atoms with E-state index < -0.39 is 11.9 Å². The average molecular weight is 447 g/mol. The van der Waals surface area contributed by atoms with Gasteiger partial charge >= 0.3 is 6.03 Å². The van der Waals surface area contributed by atoms with E-state index in [1.54, 1.807) is 44.6 Å². The minimum atomic E-state index is -0.487. The summed E-state index contributed by atoms with van der Waals surface area (Å²) >= 11 is 3.39. The second-order valence-electron chi connectivity index (χ2n) is 5.95. The molecule has 1 aliphatic rings. The van der Waals surface area contributed by atoms with Gasteiger partial charge in [-0.25, -0.2) is 4.79 Å². The molecule has 28 heavy (non-hydrogen) atoms. The molecular weight excluding hydrogens is 428 g/mol. The van der Waals surface area contributed by atoms with E-state index in [1.165, 1.54) is 7.11 Å². The molecule has 1 saturated heterocycles. The first-order chi connectivity index (χ1) is 13.5. The van der Waals surface area contributed by atoms with E-state index in [4.69, 9.17) is 14.2 Å². The molecule has 3 amide bonds. The van der Waals surface area contributed by atoms with E-state index >= 15 is 0 Å². The Balaban J connectivity index is 1.86. The molecular formula is C20H19BrN2O5. The Kier molecular flexibility index (Phi) is 5.89. The minimum Gasteiger partial charge on any atom is -0.496 e. The van der Waals surface area contributed by atoms with Gasteiger partial charge in [-0.3, -0.25) is 9.69 Å². The highest BCUT2D eigenvalue weighted by Crippen LogP contribution is 2.29. The van der Waals surface area contributed by atoms with Crippen LogP contribution in [0.3, 0.4) is 0 Å². The van der Waals surface area contributed by atoms with Crippen LogP contribution in [-0.2, 0) is 11.3 Å². The second-order valence-corrected chi connectivity index (χ2v) is 6.87. The van der Waals surface area contributed by atoms with Crippen molar-refractivity contribution in [3.05, 3.63) is 57.7 Å². The third-order valence-electron chi connectivity index (χ3n) is 4.25. The van der Waals surface area contributed by atoms with E-state index in [2.05, 4.69) is 21.2 Å². The molecule has 0 unspecified atom stereocenters. The summed E-state index contributed by atoms with van der Waals surface area (Å²) in [5.41, 5.74) is 1.60. The lowest BCUT2D eigenvalue weighted by atomic mass is 10.1. The number of urea groups is 1. The molecule has 0 atom stereocenters. The van der Waals surface area contributed by atoms with Crippen molar-refractivity contribution < 1.29 is 23.8 Å². The third-order valence-corrected chi connectivity index (χ3v) is 4.75. The molecule has 146 valence electrons. The molecule has 1 heterocycles. The molecule has 3 rings (SSSR count). The molecule has 0 aliphatic carbocycles. The Hall–Kier alpha value is -3.00. The lowest BCUT2D eigenvalue weighted by Crippen LogP contribution is -2.30. The predicted molar refractivity (Wildman–Crippen MR) is 107 cm³/mol. The van der Waals surface area contributed by atoms with Crippen molar-refractivity contribution >= 4 is 33.9 Å². The third kappa shape index (κ3) is 3.96. The van der Waals surface area contributed by atoms with Gasteiger partial charge in [0.05, 0.1) is 27.9 Å². The number of methoxy groups -OCH3 is 3. The number of ether oxygens (including phenoxy) is 3. The highest BCUT2D eigenvalue weighted by molar-refractivity contribution is 9.10. The van der Waals surface area contributed by atoms with Crippen LogP contribution in [0.2, 0.25) is 0 Å². The normalized spacial score (nSPS) is 15.0. The summed E-state index contributed by atoms with van der Waals surface area (Å²) in [5, 5.41) is 2.61. The molecule has 1 fully saturated rings. The number of carbonyl (C=O) groups is 2. The molecule has 2 aromatic rings. The van der Waals surface area contributed by atoms with E-state index in [1.807, 2.05) is 12.1 Å². The zero-order valence-corrected chi connectivity index (χ0v) is 17.2. The second kappa shape index (κ2) is 8.35. The van der Waals surface area contributed by atoms with Crippen LogP contribution in [0.1, 0.15) is 11.1 Å². The first kappa shape index (κ1) is 19.8. The zero-order chi connectivity index (χ0) is 20.3. The van der Waals surface area contributed by atoms with Crippen LogP contribution in [-0.4, -0.2) is 38.2 Å². The summed E-state index contributed by atoms with van der Waals surface area (Å²) in [4.78, 5) is 26.2. The highest BCUT2D eigenvalue weighted by Gasteiger charge is 2.34. The molecule has 0 spiro atoms. The Morgan fingerprint density at radius 1 is 0.964 bits per heavy atom. The number of nitrogens with zero attached hydrogens (tertiary/aromatic N) is 1. The number of hydrogen-bond donors (Lipinski definition) is 1. The number of imide groups is 1. The molecule has 1 N–H and O–H groups in total. The Labute approximate surface area is 171 Å². The lowest BCUT2D eigenvalue weighted by molar-refractivity contribution is -0.123. The fourth-order valence-corrected chi connectivity index (χ4v) is 3.27. The van der Waals surface area contributed by atoms with Crippen LogP contribution < -0.4 is 19.5 Å². The number of nitrogens with one attached hydrogen (secondary N) is 1. The number of amides is 3. The standard InChI is InChI=1S/C20H19BrN2O5/c1-26-16-7-5-14(21)10-13(16)11-23-19(24)15(22-20(23)25)8-12-4-6-17(27-2)18(9-12)28-3/h4-10H,11H2,1-3H3,(H,22,25). The maximum absolute atomic E-state index is 12.8. The van der Waals surface area contributed by atoms with Gasteiger partial charge in [0.25, 0.3) is 5.91 Å². The Bertz CT molecular complexity index is 958. The van der Waals surface area contributed by atoms with Crippen molar-refractivity contribution in [1.82, 2.24) is 10.2 Å². The van der Waals surface area contributed by atoms with Crippen LogP contribution in [0.4, 0.5) is 4.79 Å². The molecule has 0 saturated carbocycles. The van der Waals surface area contributed by atoms with Crippen molar-refractivity contribution in [1.29, 1.82) is 0 Å². The monoisotopic (exact) mass is 446 g/mol. The fraction of sp³-hybridized carbons (Fsp3) is 0.200. The molecule has 0 bridgehead atoms. The molecule has 0 radical (unpaired) electrons. The van der Waals surface area contributed by atoms with Gasteiger partial charge in [0, 0.05) is 10.0 Å². The van der Waals surface area contributed by atoms with Gasteiger partial charge in [-0.05, 0) is 42.0 Å². The maximum atomic E-state index is 12.8. The summed E-state index contributed by atoms with van der Waals surface area (Å²) in [7, 11) is 4.62. The van der Waals surface area contributed by atoms with Gasteiger partial charge in [-0.2, -0.15) is 0 Å². The van der Waals surface area contributed by atoms with Gasteiger partial charge in [0.1, 0.15) is 11.4 Å². The fourth-order valence-electron chi connectivity index (χ4n) is 2.87. The van der Waals surface area contributed by atoms with Crippen LogP contribution in [0.15, 0.2) is 46.6 Å². The highest BCUT2D eigenvalue weighted by atomic mass is 79.9. The summed E-state index contributed by atoms with van der Waals surface area (Å²) in [5.74, 6) is 1.29. The number of rotatable bonds is 6. The number of hydrogen-bond acceptors (Lipinski definition) is 5. The van der Waals surface area contributed by atoms with Crippen molar-refractivity contribution in [2.45, 2.75) is 6.54 Å². The summed E-state index contributed by atoms with van der Waals surface area (Å²) in [6.45, 7) is 0.0938. The quantitative estimate of drug-likeness (QED) is 0.542. The van der Waals surface area contributed by atoms with E-state index in [9.17, 15) is 9.59 Å². The van der Waals surface area contributed by atoms with Crippen LogP contribution in [0.25, 0.3) is 6.08 Å². The van der Waals surface area contributed by atoms with Crippen molar-refractivity contribution in [2.75, 3.05) is 21.3 Å². The van der Waals surface area contributed by atoms with Gasteiger partial charge < -0.3 is 19.5 Å². The van der Waals surface area contributed by atoms with Crippen molar-refractivity contribution in [2.24, 2.45) is 0 Å². The van der Waals surface area contributed by atoms with Gasteiger partial charge in [0.15, 0.2) is 11.5 Å². The van der Waals surface area contributed by atoms with Crippen LogP contribution in [0.5, 0.6) is 17.2 Å². The Morgan fingerprint density at radius 3 is 2.32 bits per heavy atom. The smallest absolute Gasteiger partial charge is 0.329 e. The number of carbonyl (C=O) groups excluding carboxylic acids is 2. The molecule has 7 nitrogen and oxygen atoms in total. The van der Waals surface area contributed by atoms with Gasteiger partial charge in [-0.15, -0.1) is 0 Å². The van der Waals surface area contributed by atoms with Crippen molar-refractivity contribution in [3.8, 4) is 17.2 Å². The molecule has 1 aliphatic heterocycles. The predicted octanol–water partition coefficient (Wildman–Crippen LogP) is 3.57. The summed E-state index contributed by atoms with van der Waals surface area (Å²) in [6, 6.07) is 10.2. The largest absolute Gasteiger partial charge is 0.496 e. The minimum absolute atomic E-state index is 0.0938. The molecule has 0 aromatic heterocycles. The Morgan fingerprint density at radius 2 is 1.64 bits per heavy atom. The molecule has 8 heteroatoms. The maximum Gasteiger partial charge on any atom is 0.329 e. The van der Waals surface area contributed by atoms with Gasteiger partial charge in [0.2, 0.25) is 0 Å². The van der Waals surface area contributed by atoms with Crippen LogP contribution in [0, 0.1) is 0 Å². The SMILES string of the molecule is COc1ccc(Br)cc1CN1C(=O)NC(=Cc2ccc(OC)c(OC)c2)C1=O. The number of halogens is 1. The average Bonchev–Trinajstić information content (AvgIpc) is 2.95. The summed E-state index contributed by atoms with van der Waals surface area (Å²) < 4.78 is 16.6. The summed E-state index contributed by atoms with van der Waals surface area (Å²) in [6.07, 6.45) is 1.60. The molecule has 2 aromatic carbocycles. The van der Waals surface area contributed by atoms with E-state index in [-0.39, 0.29) is 12.2 Å². The lowest BCUT2D eigenvalue weighted by Gasteiger charge is -2.15. The van der Waals surface area contributed by atoms with Crippen molar-refractivity contribution in [3.63, 3.8) is 0 Å². The first-order valence-corrected chi connectivity index (χ1v) is 9.15. The number of benzene rings is 2. The van der Waals surface area contributed by atoms with Crippen LogP contribution >= 0.6 is 15.9 Å². The van der Waals surface area contributed by atoms with Gasteiger partial charge in [-0.1, -0.05) is 22.0 Å².